The molecule has 25 heavy (non-hydrogen) atoms. The largest absolute Gasteiger partial charge is 0.497 e. The SMILES string of the molecule is CCN(CC(=O)Nc1cccc(OC)c1)C(=O)Cc1cccc(F)c1. The van der Waals surface area contributed by atoms with Crippen LogP contribution < -0.4 is 10.1 Å². The van der Waals surface area contributed by atoms with Crippen molar-refractivity contribution in [1.82, 2.24) is 4.90 Å². The van der Waals surface area contributed by atoms with Crippen LogP contribution in [0.2, 0.25) is 0 Å². The van der Waals surface area contributed by atoms with Crippen molar-refractivity contribution in [2.75, 3.05) is 25.5 Å². The van der Waals surface area contributed by atoms with Crippen molar-refractivity contribution in [1.29, 1.82) is 0 Å². The second-order valence-corrected chi connectivity index (χ2v) is 5.49. The summed E-state index contributed by atoms with van der Waals surface area (Å²) in [6, 6.07) is 12.9. The first-order valence-corrected chi connectivity index (χ1v) is 7.98. The molecule has 2 aromatic rings. The minimum Gasteiger partial charge on any atom is -0.497 e. The van der Waals surface area contributed by atoms with Gasteiger partial charge in [-0.15, -0.1) is 0 Å². The van der Waals surface area contributed by atoms with E-state index >= 15 is 0 Å². The van der Waals surface area contributed by atoms with E-state index in [2.05, 4.69) is 5.32 Å². The van der Waals surface area contributed by atoms with E-state index in [4.69, 9.17) is 4.74 Å². The van der Waals surface area contributed by atoms with E-state index < -0.39 is 0 Å². The molecule has 6 heteroatoms. The van der Waals surface area contributed by atoms with Crippen molar-refractivity contribution in [3.8, 4) is 5.75 Å². The summed E-state index contributed by atoms with van der Waals surface area (Å²) < 4.78 is 18.3. The lowest BCUT2D eigenvalue weighted by molar-refractivity contribution is -0.133. The normalized spacial score (nSPS) is 10.2. The maximum absolute atomic E-state index is 13.2. The van der Waals surface area contributed by atoms with E-state index in [0.717, 1.165) is 0 Å². The highest BCUT2D eigenvalue weighted by Crippen LogP contribution is 2.16. The molecule has 0 unspecified atom stereocenters. The highest BCUT2D eigenvalue weighted by Gasteiger charge is 2.16. The number of carbonyl (C=O) groups excluding carboxylic acids is 2. The third kappa shape index (κ3) is 5.60. The predicted molar refractivity (Wildman–Crippen MR) is 94.0 cm³/mol. The molecule has 5 nitrogen and oxygen atoms in total. The smallest absolute Gasteiger partial charge is 0.243 e. The summed E-state index contributed by atoms with van der Waals surface area (Å²) in [5.74, 6) is -0.284. The molecule has 1 N–H and O–H groups in total. The summed E-state index contributed by atoms with van der Waals surface area (Å²) in [6.45, 7) is 2.11. The van der Waals surface area contributed by atoms with Gasteiger partial charge in [0, 0.05) is 18.3 Å². The Morgan fingerprint density at radius 1 is 1.16 bits per heavy atom. The fraction of sp³-hybridized carbons (Fsp3) is 0.263. The summed E-state index contributed by atoms with van der Waals surface area (Å²) in [5.41, 5.74) is 1.18. The number of methoxy groups -OCH3 is 1. The van der Waals surface area contributed by atoms with Gasteiger partial charge in [-0.1, -0.05) is 18.2 Å². The van der Waals surface area contributed by atoms with Crippen molar-refractivity contribution >= 4 is 17.5 Å². The van der Waals surface area contributed by atoms with E-state index in [-0.39, 0.29) is 30.6 Å². The van der Waals surface area contributed by atoms with Crippen molar-refractivity contribution in [2.24, 2.45) is 0 Å². The summed E-state index contributed by atoms with van der Waals surface area (Å²) in [6.07, 6.45) is 0.0536. The Labute approximate surface area is 146 Å². The van der Waals surface area contributed by atoms with Crippen LogP contribution in [-0.4, -0.2) is 36.9 Å². The number of carbonyl (C=O) groups is 2. The number of hydrogen-bond donors (Lipinski definition) is 1. The number of amides is 2. The van der Waals surface area contributed by atoms with Gasteiger partial charge in [-0.2, -0.15) is 0 Å². The average Bonchev–Trinajstić information content (AvgIpc) is 2.59. The Bertz CT molecular complexity index is 749. The van der Waals surface area contributed by atoms with Gasteiger partial charge in [0.2, 0.25) is 11.8 Å². The molecule has 0 aliphatic heterocycles. The van der Waals surface area contributed by atoms with Gasteiger partial charge in [0.1, 0.15) is 11.6 Å². The quantitative estimate of drug-likeness (QED) is 0.840. The van der Waals surface area contributed by atoms with Crippen LogP contribution in [0.1, 0.15) is 12.5 Å². The molecule has 132 valence electrons. The standard InChI is InChI=1S/C19H21FN2O3/c1-3-22(19(24)11-14-6-4-7-15(20)10-14)13-18(23)21-16-8-5-9-17(12-16)25-2/h4-10,12H,3,11,13H2,1-2H3,(H,21,23). The van der Waals surface area contributed by atoms with Crippen LogP contribution in [0.5, 0.6) is 5.75 Å². The van der Waals surface area contributed by atoms with Gasteiger partial charge in [0.05, 0.1) is 20.1 Å². The van der Waals surface area contributed by atoms with Crippen LogP contribution in [0.25, 0.3) is 0 Å². The van der Waals surface area contributed by atoms with Crippen LogP contribution in [0, 0.1) is 5.82 Å². The maximum Gasteiger partial charge on any atom is 0.243 e. The minimum absolute atomic E-state index is 0.0536. The number of halogens is 1. The fourth-order valence-corrected chi connectivity index (χ4v) is 2.38. The molecule has 0 fully saturated rings. The predicted octanol–water partition coefficient (Wildman–Crippen LogP) is 2.86. The van der Waals surface area contributed by atoms with Crippen molar-refractivity contribution < 1.29 is 18.7 Å². The van der Waals surface area contributed by atoms with Gasteiger partial charge in [-0.3, -0.25) is 9.59 Å². The van der Waals surface area contributed by atoms with Gasteiger partial charge >= 0.3 is 0 Å². The molecule has 0 saturated heterocycles. The highest BCUT2D eigenvalue weighted by molar-refractivity contribution is 5.94. The Hall–Kier alpha value is -2.89. The molecule has 0 bridgehead atoms. The van der Waals surface area contributed by atoms with Gasteiger partial charge < -0.3 is 15.0 Å². The Balaban J connectivity index is 1.95. The van der Waals surface area contributed by atoms with Crippen molar-refractivity contribution in [3.05, 3.63) is 59.9 Å². The zero-order valence-corrected chi connectivity index (χ0v) is 14.3. The number of nitrogens with zero attached hydrogens (tertiary/aromatic N) is 1. The average molecular weight is 344 g/mol. The second-order valence-electron chi connectivity index (χ2n) is 5.49. The summed E-state index contributed by atoms with van der Waals surface area (Å²) in [4.78, 5) is 26.0. The monoisotopic (exact) mass is 344 g/mol. The Morgan fingerprint density at radius 2 is 1.92 bits per heavy atom. The van der Waals surface area contributed by atoms with Crippen LogP contribution in [0.4, 0.5) is 10.1 Å². The minimum atomic E-state index is -0.385. The Kier molecular flexibility index (Phi) is 6.51. The van der Waals surface area contributed by atoms with Gasteiger partial charge in [0.15, 0.2) is 0 Å². The molecule has 0 atom stereocenters. The highest BCUT2D eigenvalue weighted by atomic mass is 19.1. The van der Waals surface area contributed by atoms with Gasteiger partial charge in [-0.05, 0) is 36.8 Å². The first-order chi connectivity index (χ1) is 12.0. The first-order valence-electron chi connectivity index (χ1n) is 7.98. The first kappa shape index (κ1) is 18.4. The third-order valence-electron chi connectivity index (χ3n) is 3.67. The van der Waals surface area contributed by atoms with E-state index in [0.29, 0.717) is 23.5 Å². The number of anilines is 1. The topological polar surface area (TPSA) is 58.6 Å². The Morgan fingerprint density at radius 3 is 2.60 bits per heavy atom. The number of rotatable bonds is 7. The van der Waals surface area contributed by atoms with Gasteiger partial charge in [-0.25, -0.2) is 4.39 Å². The molecule has 0 heterocycles. The lowest BCUT2D eigenvalue weighted by atomic mass is 10.1. The van der Waals surface area contributed by atoms with E-state index in [1.807, 2.05) is 0 Å². The summed E-state index contributed by atoms with van der Waals surface area (Å²) in [5, 5.41) is 2.74. The lowest BCUT2D eigenvalue weighted by Crippen LogP contribution is -2.38. The maximum atomic E-state index is 13.2. The molecular formula is C19H21FN2O3. The number of likely N-dealkylation sites (N-methyl/N-ethyl adjacent to an activating group) is 1. The summed E-state index contributed by atoms with van der Waals surface area (Å²) in [7, 11) is 1.55. The fourth-order valence-electron chi connectivity index (χ4n) is 2.38. The molecule has 0 saturated carbocycles. The molecular weight excluding hydrogens is 323 g/mol. The molecule has 2 rings (SSSR count). The van der Waals surface area contributed by atoms with Crippen molar-refractivity contribution in [2.45, 2.75) is 13.3 Å². The van der Waals surface area contributed by atoms with Crippen LogP contribution in [-0.2, 0) is 16.0 Å². The second kappa shape index (κ2) is 8.82. The van der Waals surface area contributed by atoms with Crippen LogP contribution >= 0.6 is 0 Å². The molecule has 0 aliphatic rings. The van der Waals surface area contributed by atoms with E-state index in [9.17, 15) is 14.0 Å². The molecule has 0 aromatic heterocycles. The molecule has 2 amide bonds. The van der Waals surface area contributed by atoms with E-state index in [1.165, 1.54) is 17.0 Å². The molecule has 0 spiro atoms. The van der Waals surface area contributed by atoms with Gasteiger partial charge in [0.25, 0.3) is 0 Å². The lowest BCUT2D eigenvalue weighted by Gasteiger charge is -2.20. The van der Waals surface area contributed by atoms with E-state index in [1.54, 1.807) is 50.4 Å². The van der Waals surface area contributed by atoms with Crippen LogP contribution in [0.15, 0.2) is 48.5 Å². The number of ether oxygens (including phenoxy) is 1. The summed E-state index contributed by atoms with van der Waals surface area (Å²) >= 11 is 0. The number of hydrogen-bond acceptors (Lipinski definition) is 3. The third-order valence-corrected chi connectivity index (χ3v) is 3.67. The molecule has 0 aliphatic carbocycles. The number of nitrogens with one attached hydrogen (secondary N) is 1. The zero-order chi connectivity index (χ0) is 18.2. The zero-order valence-electron chi connectivity index (χ0n) is 14.3. The molecule has 0 radical (unpaired) electrons. The molecule has 2 aromatic carbocycles. The van der Waals surface area contributed by atoms with Crippen LogP contribution in [0.3, 0.4) is 0 Å². The number of benzene rings is 2. The van der Waals surface area contributed by atoms with Crippen molar-refractivity contribution in [3.63, 3.8) is 0 Å².